The van der Waals surface area contributed by atoms with Crippen LogP contribution in [0.1, 0.15) is 28.7 Å². The van der Waals surface area contributed by atoms with Gasteiger partial charge in [0.05, 0.1) is 23.1 Å². The first-order valence-electron chi connectivity index (χ1n) is 6.21. The van der Waals surface area contributed by atoms with Gasteiger partial charge in [0.2, 0.25) is 5.88 Å². The number of pyridine rings is 2. The molecule has 0 unspecified atom stereocenters. The summed E-state index contributed by atoms with van der Waals surface area (Å²) in [5.41, 5.74) is 13.0. The van der Waals surface area contributed by atoms with E-state index in [0.717, 1.165) is 17.8 Å². The van der Waals surface area contributed by atoms with Crippen molar-refractivity contribution in [1.29, 1.82) is 0 Å². The van der Waals surface area contributed by atoms with Crippen LogP contribution in [0.25, 0.3) is 0 Å². The van der Waals surface area contributed by atoms with Crippen LogP contribution in [0.5, 0.6) is 11.6 Å². The zero-order valence-corrected chi connectivity index (χ0v) is 11.4. The lowest BCUT2D eigenvalue weighted by atomic mass is 10.2. The number of hydrogen-bond acceptors (Lipinski definition) is 5. The number of anilines is 1. The van der Waals surface area contributed by atoms with Crippen LogP contribution in [0.15, 0.2) is 24.4 Å². The second-order valence-corrected chi connectivity index (χ2v) is 4.33. The van der Waals surface area contributed by atoms with E-state index >= 15 is 0 Å². The third-order valence-electron chi connectivity index (χ3n) is 2.80. The summed E-state index contributed by atoms with van der Waals surface area (Å²) in [6, 6.07) is 5.10. The van der Waals surface area contributed by atoms with Crippen molar-refractivity contribution in [3.63, 3.8) is 0 Å². The van der Waals surface area contributed by atoms with E-state index in [1.54, 1.807) is 0 Å². The van der Waals surface area contributed by atoms with Gasteiger partial charge in [-0.3, -0.25) is 9.78 Å². The molecule has 1 amide bonds. The molecule has 0 saturated heterocycles. The van der Waals surface area contributed by atoms with Crippen LogP contribution in [0.2, 0.25) is 0 Å². The van der Waals surface area contributed by atoms with Gasteiger partial charge in [-0.1, -0.05) is 6.92 Å². The monoisotopic (exact) mass is 272 g/mol. The first kappa shape index (κ1) is 13.8. The normalized spacial score (nSPS) is 10.3. The molecule has 0 aliphatic carbocycles. The summed E-state index contributed by atoms with van der Waals surface area (Å²) in [4.78, 5) is 19.7. The fourth-order valence-electron chi connectivity index (χ4n) is 1.77. The Balaban J connectivity index is 2.35. The molecule has 0 bridgehead atoms. The summed E-state index contributed by atoms with van der Waals surface area (Å²) in [5, 5.41) is 0. The number of nitrogen functional groups attached to an aromatic ring is 1. The second-order valence-electron chi connectivity index (χ2n) is 4.33. The quantitative estimate of drug-likeness (QED) is 0.883. The van der Waals surface area contributed by atoms with E-state index in [4.69, 9.17) is 16.2 Å². The van der Waals surface area contributed by atoms with Crippen LogP contribution in [-0.4, -0.2) is 15.9 Å². The smallest absolute Gasteiger partial charge is 0.251 e. The molecular formula is C14H16N4O2. The van der Waals surface area contributed by atoms with Crippen LogP contribution in [0.4, 0.5) is 5.69 Å². The molecule has 104 valence electrons. The number of aromatic nitrogens is 2. The molecule has 2 heterocycles. The minimum absolute atomic E-state index is 0.188. The molecule has 0 aromatic carbocycles. The fourth-order valence-corrected chi connectivity index (χ4v) is 1.77. The van der Waals surface area contributed by atoms with E-state index in [1.165, 1.54) is 12.3 Å². The number of aryl methyl sites for hydroxylation is 2. The van der Waals surface area contributed by atoms with Crippen molar-refractivity contribution in [3.8, 4) is 11.6 Å². The summed E-state index contributed by atoms with van der Waals surface area (Å²) >= 11 is 0. The Bertz CT molecular complexity index is 656. The van der Waals surface area contributed by atoms with E-state index in [-0.39, 0.29) is 17.1 Å². The number of primary amides is 1. The number of nitrogens with two attached hydrogens (primary N) is 2. The van der Waals surface area contributed by atoms with E-state index < -0.39 is 5.91 Å². The molecular weight excluding hydrogens is 256 g/mol. The molecule has 0 aliphatic heterocycles. The van der Waals surface area contributed by atoms with Crippen LogP contribution >= 0.6 is 0 Å². The highest BCUT2D eigenvalue weighted by atomic mass is 16.5. The molecule has 0 saturated carbocycles. The van der Waals surface area contributed by atoms with Crippen LogP contribution in [0.3, 0.4) is 0 Å². The molecule has 0 fully saturated rings. The topological polar surface area (TPSA) is 104 Å². The van der Waals surface area contributed by atoms with Crippen molar-refractivity contribution < 1.29 is 9.53 Å². The maximum Gasteiger partial charge on any atom is 0.251 e. The molecule has 0 atom stereocenters. The van der Waals surface area contributed by atoms with Gasteiger partial charge in [-0.25, -0.2) is 4.98 Å². The van der Waals surface area contributed by atoms with Gasteiger partial charge in [-0.15, -0.1) is 0 Å². The summed E-state index contributed by atoms with van der Waals surface area (Å²) in [6.07, 6.45) is 2.08. The number of rotatable bonds is 4. The lowest BCUT2D eigenvalue weighted by Gasteiger charge is -2.10. The summed E-state index contributed by atoms with van der Waals surface area (Å²) < 4.78 is 5.66. The molecule has 6 heteroatoms. The molecule has 2 rings (SSSR count). The van der Waals surface area contributed by atoms with Gasteiger partial charge >= 0.3 is 0 Å². The molecule has 4 N–H and O–H groups in total. The lowest BCUT2D eigenvalue weighted by molar-refractivity contribution is 0.100. The van der Waals surface area contributed by atoms with Crippen LogP contribution in [0, 0.1) is 6.92 Å². The Morgan fingerprint density at radius 3 is 2.80 bits per heavy atom. The zero-order chi connectivity index (χ0) is 14.7. The predicted octanol–water partition coefficient (Wildman–Crippen LogP) is 1.82. The largest absolute Gasteiger partial charge is 0.437 e. The molecule has 0 spiro atoms. The maximum atomic E-state index is 11.2. The van der Waals surface area contributed by atoms with Crippen LogP contribution < -0.4 is 16.2 Å². The van der Waals surface area contributed by atoms with Crippen LogP contribution in [-0.2, 0) is 6.42 Å². The molecule has 6 nitrogen and oxygen atoms in total. The average molecular weight is 272 g/mol. The van der Waals surface area contributed by atoms with E-state index in [0.29, 0.717) is 5.75 Å². The summed E-state index contributed by atoms with van der Waals surface area (Å²) in [5.74, 6) is 0.242. The van der Waals surface area contributed by atoms with Gasteiger partial charge in [-0.2, -0.15) is 0 Å². The third kappa shape index (κ3) is 2.85. The Kier molecular flexibility index (Phi) is 3.84. The molecule has 20 heavy (non-hydrogen) atoms. The van der Waals surface area contributed by atoms with E-state index in [9.17, 15) is 4.79 Å². The van der Waals surface area contributed by atoms with Gasteiger partial charge < -0.3 is 16.2 Å². The van der Waals surface area contributed by atoms with E-state index in [2.05, 4.69) is 9.97 Å². The zero-order valence-electron chi connectivity index (χ0n) is 11.4. The first-order valence-corrected chi connectivity index (χ1v) is 6.21. The molecule has 0 aliphatic rings. The fraction of sp³-hybridized carbons (Fsp3) is 0.214. The molecule has 2 aromatic heterocycles. The summed E-state index contributed by atoms with van der Waals surface area (Å²) in [7, 11) is 0. The van der Waals surface area contributed by atoms with Gasteiger partial charge in [0.15, 0.2) is 5.75 Å². The highest BCUT2D eigenvalue weighted by Gasteiger charge is 2.11. The molecule has 0 radical (unpaired) electrons. The number of carbonyl (C=O) groups excluding carboxylic acids is 1. The maximum absolute atomic E-state index is 11.2. The Morgan fingerprint density at radius 1 is 1.40 bits per heavy atom. The number of hydrogen-bond donors (Lipinski definition) is 2. The minimum atomic E-state index is -0.618. The van der Waals surface area contributed by atoms with Crippen molar-refractivity contribution in [2.75, 3.05) is 5.73 Å². The highest BCUT2D eigenvalue weighted by Crippen LogP contribution is 2.25. The summed E-state index contributed by atoms with van der Waals surface area (Å²) in [6.45, 7) is 3.90. The number of nitrogens with zero attached hydrogens (tertiary/aromatic N) is 2. The van der Waals surface area contributed by atoms with E-state index in [1.807, 2.05) is 26.0 Å². The number of carbonyl (C=O) groups is 1. The lowest BCUT2D eigenvalue weighted by Crippen LogP contribution is -2.14. The highest BCUT2D eigenvalue weighted by molar-refractivity contribution is 5.98. The second kappa shape index (κ2) is 5.56. The third-order valence-corrected chi connectivity index (χ3v) is 2.80. The molecule has 2 aromatic rings. The van der Waals surface area contributed by atoms with Crippen molar-refractivity contribution >= 4 is 11.6 Å². The first-order chi connectivity index (χ1) is 9.51. The van der Waals surface area contributed by atoms with Gasteiger partial charge in [0.1, 0.15) is 0 Å². The Morgan fingerprint density at radius 2 is 2.15 bits per heavy atom. The standard InChI is InChI=1S/C14H16N4O2/c1-3-11-12(5-4-8(2)18-11)20-13-6-9(14(16)19)10(15)7-17-13/h4-7H,3,15H2,1-2H3,(H2,16,19). The van der Waals surface area contributed by atoms with Crippen molar-refractivity contribution in [1.82, 2.24) is 9.97 Å². The van der Waals surface area contributed by atoms with Gasteiger partial charge in [-0.05, 0) is 25.5 Å². The average Bonchev–Trinajstić information content (AvgIpc) is 2.42. The van der Waals surface area contributed by atoms with Crippen molar-refractivity contribution in [3.05, 3.63) is 41.3 Å². The number of amides is 1. The van der Waals surface area contributed by atoms with Gasteiger partial charge in [0.25, 0.3) is 5.91 Å². The minimum Gasteiger partial charge on any atom is -0.437 e. The van der Waals surface area contributed by atoms with Gasteiger partial charge in [0, 0.05) is 11.8 Å². The Labute approximate surface area is 116 Å². The van der Waals surface area contributed by atoms with Crippen molar-refractivity contribution in [2.24, 2.45) is 5.73 Å². The predicted molar refractivity (Wildman–Crippen MR) is 75.6 cm³/mol. The SMILES string of the molecule is CCc1nc(C)ccc1Oc1cc(C(N)=O)c(N)cn1. The van der Waals surface area contributed by atoms with Crippen molar-refractivity contribution in [2.45, 2.75) is 20.3 Å². The Hall–Kier alpha value is -2.63. The number of ether oxygens (including phenoxy) is 1.